The molecule has 88 valence electrons. The number of hydrogen-bond donors (Lipinski definition) is 1. The Labute approximate surface area is 107 Å². The van der Waals surface area contributed by atoms with Crippen molar-refractivity contribution in [3.63, 3.8) is 0 Å². The van der Waals surface area contributed by atoms with Crippen molar-refractivity contribution in [3.8, 4) is 11.1 Å². The predicted molar refractivity (Wildman–Crippen MR) is 66.2 cm³/mol. The molecule has 0 spiro atoms. The standard InChI is InChI=1S/C12H7Cl2F2N/c13-10-2-1-6(15)3-8(10)9-4-7(16)5-11(14)12(9)17/h1-5H,17H2. The van der Waals surface area contributed by atoms with Crippen LogP contribution in [-0.4, -0.2) is 0 Å². The van der Waals surface area contributed by atoms with E-state index < -0.39 is 11.6 Å². The van der Waals surface area contributed by atoms with E-state index in [2.05, 4.69) is 0 Å². The fourth-order valence-electron chi connectivity index (χ4n) is 1.51. The molecule has 0 fully saturated rings. The van der Waals surface area contributed by atoms with Crippen LogP contribution in [0.2, 0.25) is 10.0 Å². The topological polar surface area (TPSA) is 26.0 Å². The molecule has 0 bridgehead atoms. The normalized spacial score (nSPS) is 10.6. The molecule has 0 aliphatic heterocycles. The van der Waals surface area contributed by atoms with E-state index in [1.807, 2.05) is 0 Å². The van der Waals surface area contributed by atoms with Crippen molar-refractivity contribution in [2.75, 3.05) is 5.73 Å². The molecule has 0 atom stereocenters. The minimum Gasteiger partial charge on any atom is -0.397 e. The second-order valence-electron chi connectivity index (χ2n) is 3.47. The molecule has 2 rings (SSSR count). The highest BCUT2D eigenvalue weighted by atomic mass is 35.5. The molecule has 17 heavy (non-hydrogen) atoms. The quantitative estimate of drug-likeness (QED) is 0.760. The molecule has 0 saturated heterocycles. The van der Waals surface area contributed by atoms with Crippen LogP contribution in [0, 0.1) is 11.6 Å². The van der Waals surface area contributed by atoms with Gasteiger partial charge in [-0.15, -0.1) is 0 Å². The van der Waals surface area contributed by atoms with Gasteiger partial charge in [0.1, 0.15) is 11.6 Å². The van der Waals surface area contributed by atoms with Gasteiger partial charge in [0, 0.05) is 16.1 Å². The molecule has 0 radical (unpaired) electrons. The largest absolute Gasteiger partial charge is 0.397 e. The highest BCUT2D eigenvalue weighted by Crippen LogP contribution is 2.36. The molecule has 0 saturated carbocycles. The smallest absolute Gasteiger partial charge is 0.125 e. The Bertz CT molecular complexity index is 585. The summed E-state index contributed by atoms with van der Waals surface area (Å²) in [5, 5.41) is 0.347. The first-order valence-electron chi connectivity index (χ1n) is 4.69. The Balaban J connectivity index is 2.72. The summed E-state index contributed by atoms with van der Waals surface area (Å²) >= 11 is 11.7. The highest BCUT2D eigenvalue weighted by molar-refractivity contribution is 6.35. The van der Waals surface area contributed by atoms with E-state index in [4.69, 9.17) is 28.9 Å². The van der Waals surface area contributed by atoms with E-state index in [-0.39, 0.29) is 21.3 Å². The minimum absolute atomic E-state index is 0.0697. The van der Waals surface area contributed by atoms with E-state index in [0.29, 0.717) is 5.56 Å². The molecular formula is C12H7Cl2F2N. The minimum atomic E-state index is -0.556. The van der Waals surface area contributed by atoms with Crippen LogP contribution >= 0.6 is 23.2 Å². The molecule has 5 heteroatoms. The van der Waals surface area contributed by atoms with Gasteiger partial charge in [0.25, 0.3) is 0 Å². The van der Waals surface area contributed by atoms with Crippen molar-refractivity contribution < 1.29 is 8.78 Å². The second kappa shape index (κ2) is 4.51. The zero-order valence-electron chi connectivity index (χ0n) is 8.48. The number of hydrogen-bond acceptors (Lipinski definition) is 1. The van der Waals surface area contributed by atoms with Gasteiger partial charge >= 0.3 is 0 Å². The maximum absolute atomic E-state index is 13.2. The van der Waals surface area contributed by atoms with E-state index in [0.717, 1.165) is 6.07 Å². The number of nitrogen functional groups attached to an aromatic ring is 1. The Morgan fingerprint density at radius 2 is 1.47 bits per heavy atom. The summed E-state index contributed by atoms with van der Waals surface area (Å²) in [7, 11) is 0. The van der Waals surface area contributed by atoms with Crippen LogP contribution in [0.3, 0.4) is 0 Å². The van der Waals surface area contributed by atoms with Gasteiger partial charge in [-0.3, -0.25) is 0 Å². The summed E-state index contributed by atoms with van der Waals surface area (Å²) < 4.78 is 26.4. The number of anilines is 1. The SMILES string of the molecule is Nc1c(Cl)cc(F)cc1-c1cc(F)ccc1Cl. The Hall–Kier alpha value is -1.32. The molecule has 2 aromatic carbocycles. The van der Waals surface area contributed by atoms with Crippen molar-refractivity contribution in [2.24, 2.45) is 0 Å². The van der Waals surface area contributed by atoms with Gasteiger partial charge in [0.2, 0.25) is 0 Å². The maximum Gasteiger partial charge on any atom is 0.125 e. The van der Waals surface area contributed by atoms with Crippen molar-refractivity contribution in [3.05, 3.63) is 52.0 Å². The summed E-state index contributed by atoms with van der Waals surface area (Å²) in [6.07, 6.45) is 0. The van der Waals surface area contributed by atoms with Gasteiger partial charge < -0.3 is 5.73 Å². The maximum atomic E-state index is 13.2. The van der Waals surface area contributed by atoms with Crippen LogP contribution in [0.4, 0.5) is 14.5 Å². The molecule has 2 N–H and O–H groups in total. The van der Waals surface area contributed by atoms with Crippen LogP contribution in [0.1, 0.15) is 0 Å². The molecule has 0 aliphatic rings. The van der Waals surface area contributed by atoms with Gasteiger partial charge in [-0.25, -0.2) is 8.78 Å². The third kappa shape index (κ3) is 2.35. The zero-order chi connectivity index (χ0) is 12.6. The summed E-state index contributed by atoms with van der Waals surface area (Å²) in [6, 6.07) is 6.03. The first-order valence-corrected chi connectivity index (χ1v) is 5.44. The van der Waals surface area contributed by atoms with Gasteiger partial charge in [-0.1, -0.05) is 23.2 Å². The average molecular weight is 274 g/mol. The molecule has 1 nitrogen and oxygen atoms in total. The summed E-state index contributed by atoms with van der Waals surface area (Å²) in [6.45, 7) is 0. The lowest BCUT2D eigenvalue weighted by atomic mass is 10.0. The molecule has 0 unspecified atom stereocenters. The summed E-state index contributed by atoms with van der Waals surface area (Å²) in [5.41, 5.74) is 6.48. The molecule has 0 aliphatic carbocycles. The molecule has 0 heterocycles. The highest BCUT2D eigenvalue weighted by Gasteiger charge is 2.12. The number of benzene rings is 2. The summed E-state index contributed by atoms with van der Waals surface area (Å²) in [5.74, 6) is -1.04. The van der Waals surface area contributed by atoms with Crippen molar-refractivity contribution >= 4 is 28.9 Å². The van der Waals surface area contributed by atoms with Crippen LogP contribution in [-0.2, 0) is 0 Å². The van der Waals surface area contributed by atoms with Crippen LogP contribution in [0.5, 0.6) is 0 Å². The van der Waals surface area contributed by atoms with E-state index >= 15 is 0 Å². The number of nitrogens with two attached hydrogens (primary N) is 1. The average Bonchev–Trinajstić information content (AvgIpc) is 2.27. The van der Waals surface area contributed by atoms with Gasteiger partial charge in [-0.2, -0.15) is 0 Å². The molecule has 0 aromatic heterocycles. The first-order chi connectivity index (χ1) is 7.99. The van der Waals surface area contributed by atoms with Crippen molar-refractivity contribution in [1.29, 1.82) is 0 Å². The summed E-state index contributed by atoms with van der Waals surface area (Å²) in [4.78, 5) is 0. The lowest BCUT2D eigenvalue weighted by Gasteiger charge is -2.09. The number of halogens is 4. The molecule has 0 amide bonds. The van der Waals surface area contributed by atoms with E-state index in [1.54, 1.807) is 0 Å². The van der Waals surface area contributed by atoms with Crippen LogP contribution < -0.4 is 5.73 Å². The third-order valence-corrected chi connectivity index (χ3v) is 2.96. The van der Waals surface area contributed by atoms with Crippen molar-refractivity contribution in [2.45, 2.75) is 0 Å². The van der Waals surface area contributed by atoms with E-state index in [1.165, 1.54) is 24.3 Å². The third-order valence-electron chi connectivity index (χ3n) is 2.31. The lowest BCUT2D eigenvalue weighted by Crippen LogP contribution is -1.94. The Kier molecular flexibility index (Phi) is 3.22. The number of rotatable bonds is 1. The first kappa shape index (κ1) is 12.1. The van der Waals surface area contributed by atoms with E-state index in [9.17, 15) is 8.78 Å². The fraction of sp³-hybridized carbons (Fsp3) is 0. The van der Waals surface area contributed by atoms with Crippen LogP contribution in [0.25, 0.3) is 11.1 Å². The van der Waals surface area contributed by atoms with Crippen LogP contribution in [0.15, 0.2) is 30.3 Å². The fourth-order valence-corrected chi connectivity index (χ4v) is 1.94. The Morgan fingerprint density at radius 3 is 2.18 bits per heavy atom. The van der Waals surface area contributed by atoms with Gasteiger partial charge in [0.15, 0.2) is 0 Å². The van der Waals surface area contributed by atoms with Gasteiger partial charge in [-0.05, 0) is 30.3 Å². The molecular weight excluding hydrogens is 267 g/mol. The predicted octanol–water partition coefficient (Wildman–Crippen LogP) is 4.52. The zero-order valence-corrected chi connectivity index (χ0v) is 9.99. The second-order valence-corrected chi connectivity index (χ2v) is 4.29. The van der Waals surface area contributed by atoms with Crippen molar-refractivity contribution in [1.82, 2.24) is 0 Å². The monoisotopic (exact) mass is 273 g/mol. The molecule has 2 aromatic rings. The van der Waals surface area contributed by atoms with Gasteiger partial charge in [0.05, 0.1) is 10.7 Å². The lowest BCUT2D eigenvalue weighted by molar-refractivity contribution is 0.626. The Morgan fingerprint density at radius 1 is 0.824 bits per heavy atom.